The van der Waals surface area contributed by atoms with Gasteiger partial charge in [-0.3, -0.25) is 0 Å². The lowest BCUT2D eigenvalue weighted by molar-refractivity contribution is -0.253. The first kappa shape index (κ1) is 11.8. The molecule has 0 aromatic rings. The largest absolute Gasteiger partial charge is 0.388 e. The fraction of sp³-hybridized carbons (Fsp3) is 1.00. The standard InChI is InChI=1S/C8H18N2O4/c1-12-7-4(3-9)14-8(13-2)5(10)6(7)11/h4-8,11H,3,9-10H2,1-2H3/t4?,5-,6+,7+,8?/m0/s1. The molecule has 1 saturated heterocycles. The van der Waals surface area contributed by atoms with Crippen molar-refractivity contribution < 1.29 is 19.3 Å². The number of rotatable bonds is 3. The maximum Gasteiger partial charge on any atom is 0.175 e. The van der Waals surface area contributed by atoms with Crippen LogP contribution in [-0.4, -0.2) is 56.5 Å². The molecule has 14 heavy (non-hydrogen) atoms. The summed E-state index contributed by atoms with van der Waals surface area (Å²) in [6.45, 7) is 0.252. The molecule has 0 spiro atoms. The average Bonchev–Trinajstić information content (AvgIpc) is 2.21. The van der Waals surface area contributed by atoms with Crippen LogP contribution < -0.4 is 11.5 Å². The minimum absolute atomic E-state index is 0.252. The Bertz CT molecular complexity index is 179. The highest BCUT2D eigenvalue weighted by atomic mass is 16.7. The van der Waals surface area contributed by atoms with E-state index in [1.165, 1.54) is 14.2 Å². The van der Waals surface area contributed by atoms with Crippen molar-refractivity contribution in [3.63, 3.8) is 0 Å². The van der Waals surface area contributed by atoms with E-state index in [0.717, 1.165) is 0 Å². The summed E-state index contributed by atoms with van der Waals surface area (Å²) in [5.41, 5.74) is 11.2. The second-order valence-corrected chi connectivity index (χ2v) is 3.28. The van der Waals surface area contributed by atoms with E-state index in [0.29, 0.717) is 0 Å². The number of aliphatic hydroxyl groups is 1. The summed E-state index contributed by atoms with van der Waals surface area (Å²) in [5.74, 6) is 0. The van der Waals surface area contributed by atoms with E-state index < -0.39 is 24.5 Å². The zero-order chi connectivity index (χ0) is 10.7. The molecule has 0 aromatic carbocycles. The van der Waals surface area contributed by atoms with Gasteiger partial charge in [-0.05, 0) is 0 Å². The lowest BCUT2D eigenvalue weighted by Crippen LogP contribution is -2.63. The van der Waals surface area contributed by atoms with Gasteiger partial charge >= 0.3 is 0 Å². The molecule has 1 rings (SSSR count). The first-order valence-corrected chi connectivity index (χ1v) is 4.50. The highest BCUT2D eigenvalue weighted by molar-refractivity contribution is 4.92. The topological polar surface area (TPSA) is 100.0 Å². The quantitative estimate of drug-likeness (QED) is 0.495. The van der Waals surface area contributed by atoms with Gasteiger partial charge in [-0.25, -0.2) is 0 Å². The molecule has 6 nitrogen and oxygen atoms in total. The zero-order valence-corrected chi connectivity index (χ0v) is 8.42. The molecular formula is C8H18N2O4. The highest BCUT2D eigenvalue weighted by Gasteiger charge is 2.43. The van der Waals surface area contributed by atoms with E-state index in [1.54, 1.807) is 0 Å². The minimum Gasteiger partial charge on any atom is -0.388 e. The molecule has 6 heteroatoms. The Labute approximate surface area is 83.1 Å². The lowest BCUT2D eigenvalue weighted by Gasteiger charge is -2.41. The molecule has 1 aliphatic heterocycles. The van der Waals surface area contributed by atoms with Gasteiger partial charge in [0.15, 0.2) is 6.29 Å². The molecule has 1 aliphatic rings. The molecule has 0 aromatic heterocycles. The van der Waals surface area contributed by atoms with Crippen molar-refractivity contribution in [1.82, 2.24) is 0 Å². The van der Waals surface area contributed by atoms with Gasteiger partial charge in [-0.15, -0.1) is 0 Å². The number of hydrogen-bond acceptors (Lipinski definition) is 6. The third kappa shape index (κ3) is 2.05. The van der Waals surface area contributed by atoms with Crippen molar-refractivity contribution in [1.29, 1.82) is 0 Å². The molecule has 1 heterocycles. The first-order valence-electron chi connectivity index (χ1n) is 4.50. The second-order valence-electron chi connectivity index (χ2n) is 3.28. The summed E-state index contributed by atoms with van der Waals surface area (Å²) in [5, 5.41) is 9.77. The van der Waals surface area contributed by atoms with Crippen molar-refractivity contribution in [3.05, 3.63) is 0 Å². The zero-order valence-electron chi connectivity index (χ0n) is 8.42. The van der Waals surface area contributed by atoms with Crippen molar-refractivity contribution in [2.45, 2.75) is 30.6 Å². The molecule has 0 amide bonds. The Kier molecular flexibility index (Phi) is 4.24. The van der Waals surface area contributed by atoms with Crippen molar-refractivity contribution in [2.24, 2.45) is 11.5 Å². The van der Waals surface area contributed by atoms with Gasteiger partial charge in [0.2, 0.25) is 0 Å². The van der Waals surface area contributed by atoms with Gasteiger partial charge in [0.25, 0.3) is 0 Å². The fourth-order valence-corrected chi connectivity index (χ4v) is 1.63. The molecule has 84 valence electrons. The van der Waals surface area contributed by atoms with E-state index in [9.17, 15) is 5.11 Å². The summed E-state index contributed by atoms with van der Waals surface area (Å²) in [7, 11) is 2.96. The van der Waals surface area contributed by atoms with Crippen LogP contribution in [0, 0.1) is 0 Å². The number of ether oxygens (including phenoxy) is 3. The molecule has 1 fully saturated rings. The van der Waals surface area contributed by atoms with Crippen LogP contribution in [0.2, 0.25) is 0 Å². The smallest absolute Gasteiger partial charge is 0.175 e. The predicted octanol–water partition coefficient (Wildman–Crippen LogP) is -1.98. The van der Waals surface area contributed by atoms with E-state index in [1.807, 2.05) is 0 Å². The Morgan fingerprint density at radius 1 is 1.36 bits per heavy atom. The summed E-state index contributed by atoms with van der Waals surface area (Å²) in [6.07, 6.45) is -2.35. The number of aliphatic hydroxyl groups excluding tert-OH is 1. The van der Waals surface area contributed by atoms with Crippen molar-refractivity contribution in [3.8, 4) is 0 Å². The lowest BCUT2D eigenvalue weighted by atomic mass is 9.97. The van der Waals surface area contributed by atoms with Crippen LogP contribution in [0.15, 0.2) is 0 Å². The number of methoxy groups -OCH3 is 2. The summed E-state index contributed by atoms with van der Waals surface area (Å²) >= 11 is 0. The van der Waals surface area contributed by atoms with Crippen LogP contribution in [0.1, 0.15) is 0 Å². The van der Waals surface area contributed by atoms with Crippen LogP contribution in [0.5, 0.6) is 0 Å². The van der Waals surface area contributed by atoms with E-state index in [-0.39, 0.29) is 12.6 Å². The van der Waals surface area contributed by atoms with E-state index in [2.05, 4.69) is 0 Å². The van der Waals surface area contributed by atoms with Crippen molar-refractivity contribution >= 4 is 0 Å². The Balaban J connectivity index is 2.71. The van der Waals surface area contributed by atoms with E-state index >= 15 is 0 Å². The monoisotopic (exact) mass is 206 g/mol. The first-order chi connectivity index (χ1) is 6.65. The van der Waals surface area contributed by atoms with Gasteiger partial charge in [-0.2, -0.15) is 0 Å². The average molecular weight is 206 g/mol. The molecule has 2 unspecified atom stereocenters. The van der Waals surface area contributed by atoms with Crippen LogP contribution in [0.3, 0.4) is 0 Å². The van der Waals surface area contributed by atoms with Crippen LogP contribution in [0.25, 0.3) is 0 Å². The summed E-state index contributed by atoms with van der Waals surface area (Å²) in [6, 6.07) is -0.618. The van der Waals surface area contributed by atoms with Gasteiger partial charge in [0, 0.05) is 20.8 Å². The van der Waals surface area contributed by atoms with Crippen LogP contribution >= 0.6 is 0 Å². The Morgan fingerprint density at radius 2 is 2.00 bits per heavy atom. The summed E-state index contributed by atoms with van der Waals surface area (Å²) < 4.78 is 15.5. The number of hydrogen-bond donors (Lipinski definition) is 3. The molecular weight excluding hydrogens is 188 g/mol. The highest BCUT2D eigenvalue weighted by Crippen LogP contribution is 2.21. The summed E-state index contributed by atoms with van der Waals surface area (Å²) in [4.78, 5) is 0. The number of nitrogens with two attached hydrogens (primary N) is 2. The van der Waals surface area contributed by atoms with Gasteiger partial charge < -0.3 is 30.8 Å². The van der Waals surface area contributed by atoms with Crippen LogP contribution in [0.4, 0.5) is 0 Å². The molecule has 5 N–H and O–H groups in total. The van der Waals surface area contributed by atoms with E-state index in [4.69, 9.17) is 25.7 Å². The van der Waals surface area contributed by atoms with Gasteiger partial charge in [0.05, 0.1) is 6.04 Å². The normalized spacial score (nSPS) is 43.9. The predicted molar refractivity (Wildman–Crippen MR) is 49.5 cm³/mol. The van der Waals surface area contributed by atoms with Crippen molar-refractivity contribution in [2.75, 3.05) is 20.8 Å². The van der Waals surface area contributed by atoms with Crippen LogP contribution in [-0.2, 0) is 14.2 Å². The Hall–Kier alpha value is -0.240. The second kappa shape index (κ2) is 5.01. The molecule has 0 aliphatic carbocycles. The molecule has 0 bridgehead atoms. The fourth-order valence-electron chi connectivity index (χ4n) is 1.63. The third-order valence-corrected chi connectivity index (χ3v) is 2.46. The third-order valence-electron chi connectivity index (χ3n) is 2.46. The maximum absolute atomic E-state index is 9.77. The SMILES string of the molecule is COC1OC(CN)[C@@H](OC)[C@H](O)[C@@H]1N. The molecule has 5 atom stereocenters. The Morgan fingerprint density at radius 3 is 2.43 bits per heavy atom. The molecule has 0 radical (unpaired) electrons. The maximum atomic E-state index is 9.77. The molecule has 0 saturated carbocycles. The minimum atomic E-state index is -0.827. The van der Waals surface area contributed by atoms with Gasteiger partial charge in [0.1, 0.15) is 18.3 Å². The van der Waals surface area contributed by atoms with Gasteiger partial charge in [-0.1, -0.05) is 0 Å².